The highest BCUT2D eigenvalue weighted by molar-refractivity contribution is 5.94. The van der Waals surface area contributed by atoms with Crippen molar-refractivity contribution >= 4 is 11.8 Å². The van der Waals surface area contributed by atoms with Crippen molar-refractivity contribution in [3.05, 3.63) is 0 Å². The van der Waals surface area contributed by atoms with E-state index in [-0.39, 0.29) is 11.3 Å². The molecule has 0 aromatic rings. The first kappa shape index (κ1) is 15.3. The van der Waals surface area contributed by atoms with E-state index in [0.29, 0.717) is 12.5 Å². The lowest BCUT2D eigenvalue weighted by molar-refractivity contribution is -0.173. The van der Waals surface area contributed by atoms with Gasteiger partial charge >= 0.3 is 0 Å². The number of amides is 2. The number of nitrogens with two attached hydrogens (primary N) is 1. The molecule has 2 heterocycles. The van der Waals surface area contributed by atoms with Crippen molar-refractivity contribution in [1.82, 2.24) is 9.80 Å². The van der Waals surface area contributed by atoms with Crippen molar-refractivity contribution in [1.29, 1.82) is 0 Å². The topological polar surface area (TPSA) is 86.9 Å². The summed E-state index contributed by atoms with van der Waals surface area (Å²) >= 11 is 0. The molecule has 2 fully saturated rings. The number of likely N-dealkylation sites (tertiary alicyclic amines) is 2. The van der Waals surface area contributed by atoms with Crippen LogP contribution in [0.2, 0.25) is 0 Å². The van der Waals surface area contributed by atoms with E-state index in [0.717, 1.165) is 32.5 Å². The number of aliphatic hydroxyl groups is 1. The predicted molar refractivity (Wildman–Crippen MR) is 74.7 cm³/mol. The van der Waals surface area contributed by atoms with Crippen LogP contribution in [0.5, 0.6) is 0 Å². The number of primary amides is 1. The average molecular weight is 283 g/mol. The third kappa shape index (κ3) is 2.67. The summed E-state index contributed by atoms with van der Waals surface area (Å²) in [4.78, 5) is 27.4. The van der Waals surface area contributed by atoms with Crippen LogP contribution in [0.25, 0.3) is 0 Å². The summed E-state index contributed by atoms with van der Waals surface area (Å²) in [5.41, 5.74) is 4.90. The molecule has 0 saturated carbocycles. The van der Waals surface area contributed by atoms with Gasteiger partial charge in [-0.15, -0.1) is 0 Å². The van der Waals surface area contributed by atoms with Gasteiger partial charge in [-0.25, -0.2) is 0 Å². The van der Waals surface area contributed by atoms with Gasteiger partial charge in [-0.2, -0.15) is 0 Å². The largest absolute Gasteiger partial charge is 0.394 e. The first-order valence-corrected chi connectivity index (χ1v) is 7.33. The molecule has 2 aliphatic heterocycles. The maximum atomic E-state index is 12.4. The molecule has 20 heavy (non-hydrogen) atoms. The molecule has 0 aliphatic carbocycles. The number of rotatable bonds is 5. The van der Waals surface area contributed by atoms with Gasteiger partial charge < -0.3 is 20.6 Å². The summed E-state index contributed by atoms with van der Waals surface area (Å²) < 4.78 is 0. The van der Waals surface area contributed by atoms with Gasteiger partial charge in [0.15, 0.2) is 0 Å². The van der Waals surface area contributed by atoms with Crippen LogP contribution in [0.3, 0.4) is 0 Å². The van der Waals surface area contributed by atoms with E-state index in [1.54, 1.807) is 0 Å². The fourth-order valence-electron chi connectivity index (χ4n) is 3.32. The van der Waals surface area contributed by atoms with Crippen molar-refractivity contribution in [2.24, 2.45) is 17.1 Å². The van der Waals surface area contributed by atoms with Crippen LogP contribution in [0.1, 0.15) is 26.7 Å². The number of aliphatic hydroxyl groups excluding tert-OH is 1. The fourth-order valence-corrected chi connectivity index (χ4v) is 3.32. The molecule has 1 spiro atoms. The second-order valence-corrected chi connectivity index (χ2v) is 6.51. The normalized spacial score (nSPS) is 24.0. The summed E-state index contributed by atoms with van der Waals surface area (Å²) in [6.45, 7) is 7.47. The van der Waals surface area contributed by atoms with Crippen LogP contribution in [-0.2, 0) is 9.59 Å². The Morgan fingerprint density at radius 1 is 1.40 bits per heavy atom. The molecule has 2 aliphatic rings. The Hall–Kier alpha value is -1.14. The van der Waals surface area contributed by atoms with E-state index in [1.807, 2.05) is 0 Å². The number of carbonyl (C=O) groups is 2. The van der Waals surface area contributed by atoms with Gasteiger partial charge in [-0.1, -0.05) is 13.8 Å². The standard InChI is InChI=1S/C14H25N3O3/c1-10(2)7-16-5-3-14(4-6-16)9-17(13(14)20)11(8-18)12(15)19/h10-11,18H,3-9H2,1-2H3,(H2,15,19)/t11-/m0/s1. The van der Waals surface area contributed by atoms with Gasteiger partial charge in [0, 0.05) is 13.1 Å². The van der Waals surface area contributed by atoms with E-state index in [4.69, 9.17) is 5.73 Å². The molecule has 0 bridgehead atoms. The van der Waals surface area contributed by atoms with E-state index in [2.05, 4.69) is 18.7 Å². The maximum absolute atomic E-state index is 12.4. The molecule has 0 radical (unpaired) electrons. The van der Waals surface area contributed by atoms with Crippen LogP contribution in [0.15, 0.2) is 0 Å². The first-order chi connectivity index (χ1) is 9.39. The van der Waals surface area contributed by atoms with Crippen molar-refractivity contribution in [3.8, 4) is 0 Å². The van der Waals surface area contributed by atoms with Gasteiger partial charge in [-0.3, -0.25) is 9.59 Å². The van der Waals surface area contributed by atoms with Crippen molar-refractivity contribution in [3.63, 3.8) is 0 Å². The Morgan fingerprint density at radius 2 is 2.00 bits per heavy atom. The molecular weight excluding hydrogens is 258 g/mol. The highest BCUT2D eigenvalue weighted by Gasteiger charge is 2.55. The minimum Gasteiger partial charge on any atom is -0.394 e. The Balaban J connectivity index is 1.91. The minimum atomic E-state index is -0.859. The smallest absolute Gasteiger partial charge is 0.242 e. The van der Waals surface area contributed by atoms with Crippen LogP contribution >= 0.6 is 0 Å². The molecule has 1 atom stereocenters. The summed E-state index contributed by atoms with van der Waals surface area (Å²) in [6, 6.07) is -0.859. The molecule has 0 aromatic carbocycles. The Bertz CT molecular complexity index is 389. The average Bonchev–Trinajstić information content (AvgIpc) is 2.39. The highest BCUT2D eigenvalue weighted by atomic mass is 16.3. The fraction of sp³-hybridized carbons (Fsp3) is 0.857. The van der Waals surface area contributed by atoms with Crippen molar-refractivity contribution < 1.29 is 14.7 Å². The van der Waals surface area contributed by atoms with Gasteiger partial charge in [0.25, 0.3) is 0 Å². The summed E-state index contributed by atoms with van der Waals surface area (Å²) in [5.74, 6) is -0.0150. The molecule has 3 N–H and O–H groups in total. The minimum absolute atomic E-state index is 0.0143. The lowest BCUT2D eigenvalue weighted by Crippen LogP contribution is -2.69. The van der Waals surface area contributed by atoms with Crippen LogP contribution < -0.4 is 5.73 Å². The molecule has 114 valence electrons. The van der Waals surface area contributed by atoms with Gasteiger partial charge in [-0.05, 0) is 31.8 Å². The van der Waals surface area contributed by atoms with Crippen molar-refractivity contribution in [2.75, 3.05) is 32.8 Å². The zero-order valence-corrected chi connectivity index (χ0v) is 12.3. The maximum Gasteiger partial charge on any atom is 0.242 e. The summed E-state index contributed by atoms with van der Waals surface area (Å²) in [7, 11) is 0. The molecule has 6 nitrogen and oxygen atoms in total. The lowest BCUT2D eigenvalue weighted by Gasteiger charge is -2.54. The highest BCUT2D eigenvalue weighted by Crippen LogP contribution is 2.42. The molecule has 2 rings (SSSR count). The number of β-lactam (4-membered cyclic amide) rings is 1. The molecular formula is C14H25N3O3. The Labute approximate surface area is 119 Å². The lowest BCUT2D eigenvalue weighted by atomic mass is 9.70. The number of hydrogen-bond acceptors (Lipinski definition) is 4. The summed E-state index contributed by atoms with van der Waals surface area (Å²) in [6.07, 6.45) is 1.68. The third-order valence-corrected chi connectivity index (χ3v) is 4.50. The van der Waals surface area contributed by atoms with E-state index in [1.165, 1.54) is 4.90 Å². The second kappa shape index (κ2) is 5.69. The van der Waals surface area contributed by atoms with E-state index in [9.17, 15) is 14.7 Å². The van der Waals surface area contributed by atoms with Crippen LogP contribution in [0, 0.1) is 11.3 Å². The monoisotopic (exact) mass is 283 g/mol. The molecule has 2 amide bonds. The van der Waals surface area contributed by atoms with Crippen molar-refractivity contribution in [2.45, 2.75) is 32.7 Å². The number of carbonyl (C=O) groups excluding carboxylic acids is 2. The second-order valence-electron chi connectivity index (χ2n) is 6.51. The van der Waals surface area contributed by atoms with Gasteiger partial charge in [0.1, 0.15) is 6.04 Å². The van der Waals surface area contributed by atoms with E-state index < -0.39 is 18.6 Å². The predicted octanol–water partition coefficient (Wildman–Crippen LogP) is -0.587. The SMILES string of the molecule is CC(C)CN1CCC2(CC1)CN([C@@H](CO)C(N)=O)C2=O. The van der Waals surface area contributed by atoms with Gasteiger partial charge in [0.2, 0.25) is 11.8 Å². The molecule has 6 heteroatoms. The van der Waals surface area contributed by atoms with Crippen LogP contribution in [-0.4, -0.2) is 65.5 Å². The van der Waals surface area contributed by atoms with Gasteiger partial charge in [0.05, 0.1) is 12.0 Å². The molecule has 0 aromatic heterocycles. The Morgan fingerprint density at radius 3 is 2.40 bits per heavy atom. The number of hydrogen-bond donors (Lipinski definition) is 2. The quantitative estimate of drug-likeness (QED) is 0.661. The zero-order valence-electron chi connectivity index (χ0n) is 12.3. The molecule has 0 unspecified atom stereocenters. The number of nitrogens with zero attached hydrogens (tertiary/aromatic N) is 2. The third-order valence-electron chi connectivity index (χ3n) is 4.50. The Kier molecular flexibility index (Phi) is 4.34. The first-order valence-electron chi connectivity index (χ1n) is 7.33. The number of piperidine rings is 1. The van der Waals surface area contributed by atoms with E-state index >= 15 is 0 Å². The molecule has 2 saturated heterocycles. The zero-order chi connectivity index (χ0) is 14.9. The summed E-state index contributed by atoms with van der Waals surface area (Å²) in [5, 5.41) is 9.17. The van der Waals surface area contributed by atoms with Crippen LogP contribution in [0.4, 0.5) is 0 Å².